The van der Waals surface area contributed by atoms with Gasteiger partial charge in [-0.25, -0.2) is 18.4 Å². The van der Waals surface area contributed by atoms with E-state index in [-0.39, 0.29) is 47.5 Å². The highest BCUT2D eigenvalue weighted by Crippen LogP contribution is 2.42. The van der Waals surface area contributed by atoms with E-state index in [2.05, 4.69) is 0 Å². The van der Waals surface area contributed by atoms with Crippen molar-refractivity contribution in [3.05, 3.63) is 57.9 Å². The number of carboxylic acid groups (broad SMARTS) is 1. The van der Waals surface area contributed by atoms with Crippen LogP contribution in [0.2, 0.25) is 0 Å². The Bertz CT molecular complexity index is 1740. The molecule has 43 heavy (non-hydrogen) atoms. The Hall–Kier alpha value is -4.72. The van der Waals surface area contributed by atoms with Crippen LogP contribution in [0.5, 0.6) is 5.75 Å². The fourth-order valence-corrected chi connectivity index (χ4v) is 5.89. The number of ketones is 1. The number of carboxylic acids is 1. The van der Waals surface area contributed by atoms with Crippen LogP contribution >= 0.6 is 0 Å². The first-order chi connectivity index (χ1) is 20.5. The molecule has 12 nitrogen and oxygen atoms in total. The summed E-state index contributed by atoms with van der Waals surface area (Å²) < 4.78 is 43.7. The Morgan fingerprint density at radius 1 is 1.07 bits per heavy atom. The first-order valence-electron chi connectivity index (χ1n) is 13.8. The van der Waals surface area contributed by atoms with Crippen LogP contribution in [-0.4, -0.2) is 79.0 Å². The molecule has 0 spiro atoms. The van der Waals surface area contributed by atoms with Crippen molar-refractivity contribution in [2.45, 2.75) is 32.0 Å². The summed E-state index contributed by atoms with van der Waals surface area (Å²) in [6.07, 6.45) is -0.275. The molecule has 3 atom stereocenters. The summed E-state index contributed by atoms with van der Waals surface area (Å²) >= 11 is 0. The van der Waals surface area contributed by atoms with Gasteiger partial charge in [0.25, 0.3) is 0 Å². The molecule has 1 amide bonds. The monoisotopic (exact) mass is 597 g/mol. The number of pyridine rings is 1. The molecule has 14 heteroatoms. The summed E-state index contributed by atoms with van der Waals surface area (Å²) in [5, 5.41) is 9.43. The van der Waals surface area contributed by atoms with Crippen LogP contribution in [0.15, 0.2) is 35.3 Å². The fourth-order valence-electron chi connectivity index (χ4n) is 5.89. The van der Waals surface area contributed by atoms with Gasteiger partial charge in [-0.1, -0.05) is 0 Å². The van der Waals surface area contributed by atoms with E-state index in [4.69, 9.17) is 15.2 Å². The van der Waals surface area contributed by atoms with Gasteiger partial charge in [0.15, 0.2) is 11.6 Å². The van der Waals surface area contributed by atoms with Gasteiger partial charge in [0.05, 0.1) is 34.9 Å². The molecule has 3 aromatic rings. The quantitative estimate of drug-likeness (QED) is 0.434. The number of halogens is 2. The van der Waals surface area contributed by atoms with Crippen LogP contribution in [0.25, 0.3) is 10.9 Å². The Balaban J connectivity index is 1.23. The van der Waals surface area contributed by atoms with E-state index in [0.29, 0.717) is 37.4 Å². The average Bonchev–Trinajstić information content (AvgIpc) is 3.36. The number of carbonyl (C=O) groups is 3. The molecule has 3 aliphatic rings. The first-order valence-corrected chi connectivity index (χ1v) is 13.8. The Labute approximate surface area is 243 Å². The van der Waals surface area contributed by atoms with Crippen LogP contribution in [-0.2, 0) is 9.53 Å². The molecule has 1 aromatic heterocycles. The van der Waals surface area contributed by atoms with Crippen molar-refractivity contribution in [2.75, 3.05) is 54.0 Å². The number of carbonyl (C=O) groups excluding carboxylic acids is 2. The zero-order valence-corrected chi connectivity index (χ0v) is 23.4. The number of nitrogens with two attached hydrogens (primary N) is 1. The van der Waals surface area contributed by atoms with E-state index in [0.717, 1.165) is 6.07 Å². The van der Waals surface area contributed by atoms with Gasteiger partial charge in [-0.15, -0.1) is 0 Å². The van der Waals surface area contributed by atoms with Crippen molar-refractivity contribution >= 4 is 45.8 Å². The molecule has 0 saturated carbocycles. The second kappa shape index (κ2) is 10.5. The molecule has 6 rings (SSSR count). The Morgan fingerprint density at radius 3 is 2.42 bits per heavy atom. The normalized spacial score (nSPS) is 20.7. The van der Waals surface area contributed by atoms with Gasteiger partial charge in [0.2, 0.25) is 5.43 Å². The van der Waals surface area contributed by atoms with E-state index in [9.17, 15) is 24.3 Å². The van der Waals surface area contributed by atoms with Crippen molar-refractivity contribution in [3.63, 3.8) is 0 Å². The predicted octanol–water partition coefficient (Wildman–Crippen LogP) is 2.50. The molecule has 0 radical (unpaired) electrons. The largest absolute Gasteiger partial charge is 0.487 e. The van der Waals surface area contributed by atoms with Crippen LogP contribution < -0.4 is 30.6 Å². The molecule has 226 valence electrons. The molecule has 2 fully saturated rings. The van der Waals surface area contributed by atoms with Crippen LogP contribution in [0.3, 0.4) is 0 Å². The number of Topliss-reactive ketones (excluding diaryl/α,β-unsaturated/α-hetero) is 1. The highest BCUT2D eigenvalue weighted by molar-refractivity contribution is 5.97. The van der Waals surface area contributed by atoms with Crippen molar-refractivity contribution in [1.82, 2.24) is 4.57 Å². The smallest absolute Gasteiger partial charge is 0.414 e. The number of aromatic nitrogens is 1. The SMILES string of the molecule is CC(=O)C(N)C1CN(c2ccc(N3CCN(c4c(F)cc5c(=O)c(C(=O)O)cn6c5c4OCC6C)CC3)c(F)c2)C(=O)O1. The van der Waals surface area contributed by atoms with E-state index >= 15 is 8.78 Å². The molecule has 2 saturated heterocycles. The number of anilines is 3. The lowest BCUT2D eigenvalue weighted by atomic mass is 10.1. The van der Waals surface area contributed by atoms with Gasteiger partial charge in [-0.2, -0.15) is 0 Å². The van der Waals surface area contributed by atoms with Crippen LogP contribution in [0, 0.1) is 11.6 Å². The average molecular weight is 598 g/mol. The summed E-state index contributed by atoms with van der Waals surface area (Å²) in [4.78, 5) is 53.3. The Morgan fingerprint density at radius 2 is 1.77 bits per heavy atom. The molecule has 3 unspecified atom stereocenters. The maximum Gasteiger partial charge on any atom is 0.414 e. The number of amides is 1. The van der Waals surface area contributed by atoms with E-state index < -0.39 is 46.8 Å². The number of benzene rings is 2. The highest BCUT2D eigenvalue weighted by atomic mass is 19.1. The molecular weight excluding hydrogens is 568 g/mol. The minimum absolute atomic E-state index is 0.0169. The summed E-state index contributed by atoms with van der Waals surface area (Å²) in [5.41, 5.74) is 5.65. The molecule has 3 aliphatic heterocycles. The minimum Gasteiger partial charge on any atom is -0.487 e. The van der Waals surface area contributed by atoms with Gasteiger partial charge in [0.1, 0.15) is 41.6 Å². The summed E-state index contributed by atoms with van der Waals surface area (Å²) in [5.74, 6) is -2.82. The summed E-state index contributed by atoms with van der Waals surface area (Å²) in [6.45, 7) is 4.55. The number of hydrogen-bond donors (Lipinski definition) is 2. The third kappa shape index (κ3) is 4.71. The molecular formula is C29H29F2N5O7. The van der Waals surface area contributed by atoms with Crippen molar-refractivity contribution in [2.24, 2.45) is 5.73 Å². The summed E-state index contributed by atoms with van der Waals surface area (Å²) in [6, 6.07) is 4.16. The number of piperazine rings is 1. The maximum atomic E-state index is 15.6. The van der Waals surface area contributed by atoms with E-state index in [1.54, 1.807) is 26.5 Å². The van der Waals surface area contributed by atoms with E-state index in [1.165, 1.54) is 24.1 Å². The van der Waals surface area contributed by atoms with Crippen molar-refractivity contribution in [1.29, 1.82) is 0 Å². The molecule has 2 aromatic carbocycles. The number of cyclic esters (lactones) is 1. The highest BCUT2D eigenvalue weighted by Gasteiger charge is 2.38. The second-order valence-corrected chi connectivity index (χ2v) is 11.0. The number of nitrogens with zero attached hydrogens (tertiary/aromatic N) is 4. The van der Waals surface area contributed by atoms with Gasteiger partial charge < -0.3 is 34.7 Å². The third-order valence-corrected chi connectivity index (χ3v) is 8.26. The topological polar surface area (TPSA) is 148 Å². The molecule has 3 N–H and O–H groups in total. The van der Waals surface area contributed by atoms with Gasteiger partial charge in [-0.3, -0.25) is 14.5 Å². The standard InChI is InChI=1S/C29H29F2N5O7/c1-14-13-42-27-24-17(26(38)18(28(39)40)11-35(14)24)10-20(31)25(27)34-7-5-33(6-8-34)21-4-3-16(9-19(21)30)36-12-22(43-29(36)41)23(32)15(2)37/h3-4,9-11,14,22-23H,5-8,12-13,32H2,1-2H3,(H,39,40). The number of hydrogen-bond acceptors (Lipinski definition) is 9. The van der Waals surface area contributed by atoms with Crippen LogP contribution in [0.4, 0.5) is 30.6 Å². The zero-order chi connectivity index (χ0) is 30.7. The van der Waals surface area contributed by atoms with Crippen molar-refractivity contribution < 1.29 is 37.7 Å². The lowest BCUT2D eigenvalue weighted by Gasteiger charge is -2.39. The molecule has 0 aliphatic carbocycles. The van der Waals surface area contributed by atoms with Gasteiger partial charge >= 0.3 is 12.1 Å². The number of ether oxygens (including phenoxy) is 2. The molecule has 0 bridgehead atoms. The number of aromatic carboxylic acids is 1. The van der Waals surface area contributed by atoms with E-state index in [1.807, 2.05) is 6.92 Å². The lowest BCUT2D eigenvalue weighted by Crippen LogP contribution is -2.47. The zero-order valence-electron chi connectivity index (χ0n) is 23.4. The molecule has 4 heterocycles. The minimum atomic E-state index is -1.39. The Kier molecular flexibility index (Phi) is 6.95. The van der Waals surface area contributed by atoms with Crippen molar-refractivity contribution in [3.8, 4) is 5.75 Å². The summed E-state index contributed by atoms with van der Waals surface area (Å²) in [7, 11) is 0. The van der Waals surface area contributed by atoms with Gasteiger partial charge in [-0.05, 0) is 38.1 Å². The lowest BCUT2D eigenvalue weighted by molar-refractivity contribution is -0.120. The third-order valence-electron chi connectivity index (χ3n) is 8.26. The fraction of sp³-hybridized carbons (Fsp3) is 0.379. The van der Waals surface area contributed by atoms with Crippen LogP contribution in [0.1, 0.15) is 30.2 Å². The predicted molar refractivity (Wildman–Crippen MR) is 152 cm³/mol. The second-order valence-electron chi connectivity index (χ2n) is 11.0. The maximum absolute atomic E-state index is 15.6. The number of rotatable bonds is 6. The first kappa shape index (κ1) is 28.4. The van der Waals surface area contributed by atoms with Gasteiger partial charge in [0, 0.05) is 32.4 Å².